The van der Waals surface area contributed by atoms with Crippen molar-refractivity contribution in [3.63, 3.8) is 0 Å². The molecule has 0 atom stereocenters. The van der Waals surface area contributed by atoms with Gasteiger partial charge in [0.25, 0.3) is 0 Å². The molecule has 2 rings (SSSR count). The monoisotopic (exact) mass is 203 g/mol. The highest BCUT2D eigenvalue weighted by Crippen LogP contribution is 2.39. The Labute approximate surface area is 88.1 Å². The molecule has 2 aliphatic rings. The number of hydrogen-bond donors (Lipinski definition) is 1. The Hall–Kier alpha value is 0.250. The Kier molecular flexibility index (Phi) is 4.06. The lowest BCUT2D eigenvalue weighted by molar-refractivity contribution is 0.151. The lowest BCUT2D eigenvalue weighted by Gasteiger charge is -2.39. The lowest BCUT2D eigenvalue weighted by Crippen LogP contribution is -2.40. The van der Waals surface area contributed by atoms with E-state index in [0.29, 0.717) is 5.41 Å². The van der Waals surface area contributed by atoms with Gasteiger partial charge in [-0.05, 0) is 31.1 Å². The molecule has 0 radical (unpaired) electrons. The van der Waals surface area contributed by atoms with Crippen LogP contribution in [0.4, 0.5) is 0 Å². The van der Waals surface area contributed by atoms with Crippen LogP contribution < -0.4 is 5.32 Å². The van der Waals surface area contributed by atoms with E-state index < -0.39 is 0 Å². The molecule has 2 aliphatic carbocycles. The molecule has 0 unspecified atom stereocenters. The SMILES string of the molecule is CC1(CNC2CCCC2)CCC1.Cl. The second-order valence-electron chi connectivity index (χ2n) is 5.03. The highest BCUT2D eigenvalue weighted by atomic mass is 35.5. The quantitative estimate of drug-likeness (QED) is 0.744. The van der Waals surface area contributed by atoms with E-state index in [-0.39, 0.29) is 12.4 Å². The summed E-state index contributed by atoms with van der Waals surface area (Å²) in [5, 5.41) is 3.72. The van der Waals surface area contributed by atoms with Crippen LogP contribution in [0.15, 0.2) is 0 Å². The van der Waals surface area contributed by atoms with Gasteiger partial charge in [-0.15, -0.1) is 12.4 Å². The van der Waals surface area contributed by atoms with Gasteiger partial charge in [0.1, 0.15) is 0 Å². The van der Waals surface area contributed by atoms with E-state index in [1.807, 2.05) is 0 Å². The summed E-state index contributed by atoms with van der Waals surface area (Å²) >= 11 is 0. The first-order valence-electron chi connectivity index (χ1n) is 5.52. The summed E-state index contributed by atoms with van der Waals surface area (Å²) in [4.78, 5) is 0. The topological polar surface area (TPSA) is 12.0 Å². The molecule has 0 aromatic heterocycles. The number of nitrogens with one attached hydrogen (secondary N) is 1. The predicted octanol–water partition coefficient (Wildman–Crippen LogP) is 3.13. The third kappa shape index (κ3) is 2.85. The number of hydrogen-bond acceptors (Lipinski definition) is 1. The van der Waals surface area contributed by atoms with Gasteiger partial charge in [0.2, 0.25) is 0 Å². The molecule has 0 bridgehead atoms. The van der Waals surface area contributed by atoms with Gasteiger partial charge >= 0.3 is 0 Å². The minimum absolute atomic E-state index is 0. The molecular formula is C11H22ClN. The van der Waals surface area contributed by atoms with Gasteiger partial charge in [-0.1, -0.05) is 26.2 Å². The Morgan fingerprint density at radius 2 is 1.77 bits per heavy atom. The van der Waals surface area contributed by atoms with Crippen LogP contribution in [0.2, 0.25) is 0 Å². The maximum atomic E-state index is 3.72. The third-order valence-electron chi connectivity index (χ3n) is 3.73. The summed E-state index contributed by atoms with van der Waals surface area (Å²) in [7, 11) is 0. The van der Waals surface area contributed by atoms with Crippen LogP contribution in [0, 0.1) is 5.41 Å². The zero-order valence-electron chi connectivity index (χ0n) is 8.64. The summed E-state index contributed by atoms with van der Waals surface area (Å²) in [6.07, 6.45) is 10.1. The molecule has 2 fully saturated rings. The van der Waals surface area contributed by atoms with Crippen molar-refractivity contribution in [2.45, 2.75) is 57.9 Å². The molecule has 0 saturated heterocycles. The van der Waals surface area contributed by atoms with Gasteiger partial charge in [-0.25, -0.2) is 0 Å². The first-order chi connectivity index (χ1) is 5.79. The predicted molar refractivity (Wildman–Crippen MR) is 59.5 cm³/mol. The molecule has 2 heteroatoms. The summed E-state index contributed by atoms with van der Waals surface area (Å²) < 4.78 is 0. The van der Waals surface area contributed by atoms with Crippen molar-refractivity contribution in [3.05, 3.63) is 0 Å². The van der Waals surface area contributed by atoms with E-state index in [4.69, 9.17) is 0 Å². The van der Waals surface area contributed by atoms with Crippen molar-refractivity contribution in [1.29, 1.82) is 0 Å². The Balaban J connectivity index is 0.000000845. The Bertz CT molecular complexity index is 148. The average Bonchev–Trinajstić information content (AvgIpc) is 2.49. The first kappa shape index (κ1) is 11.3. The van der Waals surface area contributed by atoms with Crippen molar-refractivity contribution in [2.75, 3.05) is 6.54 Å². The van der Waals surface area contributed by atoms with Crippen LogP contribution in [-0.4, -0.2) is 12.6 Å². The molecule has 0 heterocycles. The van der Waals surface area contributed by atoms with Crippen LogP contribution in [0.5, 0.6) is 0 Å². The fourth-order valence-electron chi connectivity index (χ4n) is 2.48. The average molecular weight is 204 g/mol. The maximum Gasteiger partial charge on any atom is 0.00672 e. The van der Waals surface area contributed by atoms with Crippen LogP contribution in [0.1, 0.15) is 51.9 Å². The second kappa shape index (κ2) is 4.65. The Morgan fingerprint density at radius 1 is 1.15 bits per heavy atom. The van der Waals surface area contributed by atoms with Crippen molar-refractivity contribution >= 4 is 12.4 Å². The third-order valence-corrected chi connectivity index (χ3v) is 3.73. The molecule has 78 valence electrons. The van der Waals surface area contributed by atoms with E-state index in [0.717, 1.165) is 6.04 Å². The zero-order valence-corrected chi connectivity index (χ0v) is 9.46. The molecular weight excluding hydrogens is 182 g/mol. The molecule has 13 heavy (non-hydrogen) atoms. The first-order valence-corrected chi connectivity index (χ1v) is 5.52. The van der Waals surface area contributed by atoms with Crippen molar-refractivity contribution in [1.82, 2.24) is 5.32 Å². The maximum absolute atomic E-state index is 3.72. The fourth-order valence-corrected chi connectivity index (χ4v) is 2.48. The number of rotatable bonds is 3. The zero-order chi connectivity index (χ0) is 8.44. The highest BCUT2D eigenvalue weighted by Gasteiger charge is 2.32. The van der Waals surface area contributed by atoms with Gasteiger partial charge < -0.3 is 5.32 Å². The summed E-state index contributed by atoms with van der Waals surface area (Å²) in [5.74, 6) is 0. The lowest BCUT2D eigenvalue weighted by atomic mass is 9.70. The summed E-state index contributed by atoms with van der Waals surface area (Å²) in [6.45, 7) is 3.70. The number of halogens is 1. The van der Waals surface area contributed by atoms with Crippen molar-refractivity contribution in [2.24, 2.45) is 5.41 Å². The van der Waals surface area contributed by atoms with Gasteiger partial charge in [0.05, 0.1) is 0 Å². The smallest absolute Gasteiger partial charge is 0.00672 e. The minimum atomic E-state index is 0. The summed E-state index contributed by atoms with van der Waals surface area (Å²) in [5.41, 5.74) is 0.669. The van der Waals surface area contributed by atoms with Gasteiger partial charge in [0, 0.05) is 12.6 Å². The van der Waals surface area contributed by atoms with E-state index in [1.54, 1.807) is 0 Å². The molecule has 1 nitrogen and oxygen atoms in total. The molecule has 0 aromatic rings. The Morgan fingerprint density at radius 3 is 2.23 bits per heavy atom. The molecule has 0 aliphatic heterocycles. The van der Waals surface area contributed by atoms with Crippen LogP contribution in [0.3, 0.4) is 0 Å². The molecule has 1 N–H and O–H groups in total. The van der Waals surface area contributed by atoms with E-state index in [2.05, 4.69) is 12.2 Å². The standard InChI is InChI=1S/C11H21N.ClH/c1-11(7-4-8-11)9-12-10-5-2-3-6-10;/h10,12H,2-9H2,1H3;1H. The van der Waals surface area contributed by atoms with Crippen molar-refractivity contribution in [3.8, 4) is 0 Å². The van der Waals surface area contributed by atoms with E-state index in [9.17, 15) is 0 Å². The molecule has 2 saturated carbocycles. The summed E-state index contributed by atoms with van der Waals surface area (Å²) in [6, 6.07) is 0.863. The van der Waals surface area contributed by atoms with Crippen LogP contribution in [0.25, 0.3) is 0 Å². The minimum Gasteiger partial charge on any atom is -0.313 e. The molecule has 0 amide bonds. The van der Waals surface area contributed by atoms with Crippen molar-refractivity contribution < 1.29 is 0 Å². The van der Waals surface area contributed by atoms with E-state index >= 15 is 0 Å². The van der Waals surface area contributed by atoms with Gasteiger partial charge in [-0.3, -0.25) is 0 Å². The normalized spacial score (nSPS) is 26.5. The van der Waals surface area contributed by atoms with Crippen LogP contribution in [-0.2, 0) is 0 Å². The molecule has 0 aromatic carbocycles. The van der Waals surface area contributed by atoms with Gasteiger partial charge in [-0.2, -0.15) is 0 Å². The fraction of sp³-hybridized carbons (Fsp3) is 1.00. The molecule has 0 spiro atoms. The second-order valence-corrected chi connectivity index (χ2v) is 5.03. The van der Waals surface area contributed by atoms with Gasteiger partial charge in [0.15, 0.2) is 0 Å². The largest absolute Gasteiger partial charge is 0.313 e. The van der Waals surface area contributed by atoms with Crippen LogP contribution >= 0.6 is 12.4 Å². The van der Waals surface area contributed by atoms with E-state index in [1.165, 1.54) is 51.5 Å². The highest BCUT2D eigenvalue weighted by molar-refractivity contribution is 5.85.